The van der Waals surface area contributed by atoms with Gasteiger partial charge < -0.3 is 15.2 Å². The average Bonchev–Trinajstić information content (AvgIpc) is 2.65. The van der Waals surface area contributed by atoms with Gasteiger partial charge >= 0.3 is 5.97 Å². The van der Waals surface area contributed by atoms with Crippen LogP contribution >= 0.6 is 0 Å². The number of aryl methyl sites for hydroxylation is 1. The molecule has 0 spiro atoms. The van der Waals surface area contributed by atoms with Gasteiger partial charge in [0.1, 0.15) is 5.69 Å². The summed E-state index contributed by atoms with van der Waals surface area (Å²) >= 11 is 0. The van der Waals surface area contributed by atoms with Crippen LogP contribution in [-0.2, 0) is 9.53 Å². The van der Waals surface area contributed by atoms with Crippen LogP contribution in [-0.4, -0.2) is 46.4 Å². The van der Waals surface area contributed by atoms with Crippen molar-refractivity contribution in [3.05, 3.63) is 17.5 Å². The van der Waals surface area contributed by atoms with Crippen LogP contribution in [0.3, 0.4) is 0 Å². The Morgan fingerprint density at radius 1 is 1.65 bits per heavy atom. The van der Waals surface area contributed by atoms with Crippen molar-refractivity contribution < 1.29 is 19.4 Å². The predicted octanol–water partition coefficient (Wildman–Crippen LogP) is -0.0624. The van der Waals surface area contributed by atoms with E-state index in [0.29, 0.717) is 0 Å². The van der Waals surface area contributed by atoms with Gasteiger partial charge in [0.2, 0.25) is 0 Å². The van der Waals surface area contributed by atoms with Crippen molar-refractivity contribution in [3.8, 4) is 0 Å². The molecule has 17 heavy (non-hydrogen) atoms. The summed E-state index contributed by atoms with van der Waals surface area (Å²) in [5.41, 5.74) is -0.608. The number of rotatable bonds is 5. The number of carboxylic acids is 1. The fraction of sp³-hybridized carbons (Fsp3) is 0.500. The number of aliphatic carboxylic acids is 1. The first kappa shape index (κ1) is 13.2. The van der Waals surface area contributed by atoms with E-state index < -0.39 is 17.4 Å². The van der Waals surface area contributed by atoms with Crippen LogP contribution in [0.4, 0.5) is 0 Å². The minimum atomic E-state index is -1.47. The number of methoxy groups -OCH3 is 1. The summed E-state index contributed by atoms with van der Waals surface area (Å²) in [5.74, 6) is -1.73. The van der Waals surface area contributed by atoms with Crippen LogP contribution < -0.4 is 5.32 Å². The van der Waals surface area contributed by atoms with Crippen molar-refractivity contribution >= 4 is 11.9 Å². The number of carbonyl (C=O) groups is 2. The highest BCUT2D eigenvalue weighted by Crippen LogP contribution is 2.07. The van der Waals surface area contributed by atoms with E-state index in [4.69, 9.17) is 9.84 Å². The number of aromatic nitrogens is 2. The Morgan fingerprint density at radius 3 is 2.71 bits per heavy atom. The van der Waals surface area contributed by atoms with E-state index in [1.165, 1.54) is 20.1 Å². The quantitative estimate of drug-likeness (QED) is 0.669. The predicted molar refractivity (Wildman–Crippen MR) is 58.7 cm³/mol. The third-order valence-electron chi connectivity index (χ3n) is 2.23. The molecule has 3 N–H and O–H groups in total. The highest BCUT2D eigenvalue weighted by molar-refractivity contribution is 5.96. The molecule has 0 aromatic carbocycles. The van der Waals surface area contributed by atoms with Crippen molar-refractivity contribution in [2.24, 2.45) is 0 Å². The molecular weight excluding hydrogens is 226 g/mol. The van der Waals surface area contributed by atoms with Gasteiger partial charge in [-0.05, 0) is 19.9 Å². The van der Waals surface area contributed by atoms with Crippen molar-refractivity contribution in [3.63, 3.8) is 0 Å². The molecule has 94 valence electrons. The Hall–Kier alpha value is -1.89. The summed E-state index contributed by atoms with van der Waals surface area (Å²) in [6.45, 7) is 2.99. The molecule has 1 heterocycles. The van der Waals surface area contributed by atoms with Crippen LogP contribution in [0.25, 0.3) is 0 Å². The zero-order valence-corrected chi connectivity index (χ0v) is 9.90. The Morgan fingerprint density at radius 2 is 2.29 bits per heavy atom. The monoisotopic (exact) mass is 241 g/mol. The summed E-state index contributed by atoms with van der Waals surface area (Å²) in [4.78, 5) is 22.8. The zero-order chi connectivity index (χ0) is 13.1. The van der Waals surface area contributed by atoms with Crippen LogP contribution in [0.1, 0.15) is 23.1 Å². The molecule has 0 radical (unpaired) electrons. The Balaban J connectivity index is 2.81. The fourth-order valence-electron chi connectivity index (χ4n) is 1.29. The molecule has 7 nitrogen and oxygen atoms in total. The number of carboxylic acid groups (broad SMARTS) is 1. The van der Waals surface area contributed by atoms with Gasteiger partial charge in [-0.1, -0.05) is 0 Å². The first-order chi connectivity index (χ1) is 7.89. The summed E-state index contributed by atoms with van der Waals surface area (Å²) in [6, 6.07) is 1.53. The van der Waals surface area contributed by atoms with Gasteiger partial charge in [-0.25, -0.2) is 4.79 Å². The Bertz CT molecular complexity index is 429. The van der Waals surface area contributed by atoms with E-state index in [9.17, 15) is 9.59 Å². The third-order valence-corrected chi connectivity index (χ3v) is 2.23. The van der Waals surface area contributed by atoms with Gasteiger partial charge in [-0.2, -0.15) is 5.10 Å². The first-order valence-corrected chi connectivity index (χ1v) is 4.96. The van der Waals surface area contributed by atoms with Crippen LogP contribution in [0.2, 0.25) is 0 Å². The molecule has 1 amide bonds. The number of hydrogen-bond donors (Lipinski definition) is 3. The van der Waals surface area contributed by atoms with Gasteiger partial charge in [0.05, 0.1) is 6.61 Å². The number of H-pyrrole nitrogens is 1. The zero-order valence-electron chi connectivity index (χ0n) is 9.90. The number of nitrogens with one attached hydrogen (secondary N) is 2. The fourth-order valence-corrected chi connectivity index (χ4v) is 1.29. The highest BCUT2D eigenvalue weighted by Gasteiger charge is 2.35. The lowest BCUT2D eigenvalue weighted by atomic mass is 10.0. The second-order valence-electron chi connectivity index (χ2n) is 3.96. The largest absolute Gasteiger partial charge is 0.479 e. The molecule has 0 fully saturated rings. The van der Waals surface area contributed by atoms with Crippen LogP contribution in [0.15, 0.2) is 6.07 Å². The minimum absolute atomic E-state index is 0.128. The van der Waals surface area contributed by atoms with Crippen LogP contribution in [0.5, 0.6) is 0 Å². The van der Waals surface area contributed by atoms with Gasteiger partial charge in [0, 0.05) is 12.8 Å². The van der Waals surface area contributed by atoms with Gasteiger partial charge in [-0.15, -0.1) is 0 Å². The molecule has 0 saturated carbocycles. The minimum Gasteiger partial charge on any atom is -0.479 e. The summed E-state index contributed by atoms with van der Waals surface area (Å²) in [6.07, 6.45) is 0. The van der Waals surface area contributed by atoms with Crippen LogP contribution in [0, 0.1) is 6.92 Å². The number of aromatic amines is 1. The maximum atomic E-state index is 11.7. The molecule has 1 unspecified atom stereocenters. The number of carbonyl (C=O) groups excluding carboxylic acids is 1. The first-order valence-electron chi connectivity index (χ1n) is 4.96. The molecule has 1 aromatic rings. The van der Waals surface area contributed by atoms with E-state index in [0.717, 1.165) is 5.69 Å². The van der Waals surface area contributed by atoms with Crippen molar-refractivity contribution in [1.82, 2.24) is 15.5 Å². The Kier molecular flexibility index (Phi) is 3.84. The van der Waals surface area contributed by atoms with Gasteiger partial charge in [0.15, 0.2) is 5.54 Å². The topological polar surface area (TPSA) is 104 Å². The normalized spacial score (nSPS) is 14.1. The van der Waals surface area contributed by atoms with E-state index in [1.807, 2.05) is 0 Å². The van der Waals surface area contributed by atoms with E-state index in [2.05, 4.69) is 15.5 Å². The number of amides is 1. The summed E-state index contributed by atoms with van der Waals surface area (Å²) < 4.78 is 4.79. The smallest absolute Gasteiger partial charge is 0.331 e. The molecule has 1 rings (SSSR count). The molecule has 0 saturated heterocycles. The molecule has 1 aromatic heterocycles. The number of nitrogens with zero attached hydrogens (tertiary/aromatic N) is 1. The molecular formula is C10H15N3O4. The average molecular weight is 241 g/mol. The van der Waals surface area contributed by atoms with Crippen molar-refractivity contribution in [2.45, 2.75) is 19.4 Å². The molecule has 0 aliphatic heterocycles. The summed E-state index contributed by atoms with van der Waals surface area (Å²) in [5, 5.41) is 17.8. The standard InChI is InChI=1S/C10H15N3O4/c1-6-4-7(13-12-6)8(14)11-10(2,5-17-3)9(15)16/h4H,5H2,1-3H3,(H,11,14)(H,12,13)(H,15,16). The lowest BCUT2D eigenvalue weighted by Crippen LogP contribution is -2.55. The highest BCUT2D eigenvalue weighted by atomic mass is 16.5. The summed E-state index contributed by atoms with van der Waals surface area (Å²) in [7, 11) is 1.37. The number of hydrogen-bond acceptors (Lipinski definition) is 4. The second-order valence-corrected chi connectivity index (χ2v) is 3.96. The lowest BCUT2D eigenvalue weighted by Gasteiger charge is -2.24. The Labute approximate surface area is 98.2 Å². The van der Waals surface area contributed by atoms with E-state index in [-0.39, 0.29) is 12.3 Å². The van der Waals surface area contributed by atoms with Gasteiger partial charge in [-0.3, -0.25) is 9.89 Å². The lowest BCUT2D eigenvalue weighted by molar-refractivity contribution is -0.145. The molecule has 0 bridgehead atoms. The van der Waals surface area contributed by atoms with Crippen molar-refractivity contribution in [1.29, 1.82) is 0 Å². The van der Waals surface area contributed by atoms with Crippen molar-refractivity contribution in [2.75, 3.05) is 13.7 Å². The second kappa shape index (κ2) is 4.96. The molecule has 0 aliphatic rings. The SMILES string of the molecule is COCC(C)(NC(=O)c1cc(C)[nH]n1)C(=O)O. The maximum Gasteiger partial charge on any atom is 0.331 e. The van der Waals surface area contributed by atoms with Gasteiger partial charge in [0.25, 0.3) is 5.91 Å². The van der Waals surface area contributed by atoms with E-state index in [1.54, 1.807) is 6.92 Å². The molecule has 1 atom stereocenters. The molecule has 7 heteroatoms. The maximum absolute atomic E-state index is 11.7. The number of ether oxygens (including phenoxy) is 1. The third kappa shape index (κ3) is 3.04. The molecule has 0 aliphatic carbocycles. The van der Waals surface area contributed by atoms with E-state index >= 15 is 0 Å².